The van der Waals surface area contributed by atoms with Gasteiger partial charge in [0.05, 0.1) is 6.10 Å². The quantitative estimate of drug-likeness (QED) is 0.495. The third-order valence-electron chi connectivity index (χ3n) is 6.24. The zero-order valence-corrected chi connectivity index (χ0v) is 19.4. The van der Waals surface area contributed by atoms with E-state index in [0.29, 0.717) is 17.3 Å². The number of aliphatic hydroxyl groups is 1. The van der Waals surface area contributed by atoms with E-state index < -0.39 is 6.10 Å². The Hall–Kier alpha value is -2.80. The van der Waals surface area contributed by atoms with Gasteiger partial charge < -0.3 is 15.3 Å². The van der Waals surface area contributed by atoms with Crippen molar-refractivity contribution in [2.45, 2.75) is 43.9 Å². The number of rotatable bonds is 8. The number of nitrogens with zero attached hydrogens (tertiary/aromatic N) is 3. The number of halogens is 1. The molecule has 0 radical (unpaired) electrons. The van der Waals surface area contributed by atoms with E-state index in [1.165, 1.54) is 5.56 Å². The van der Waals surface area contributed by atoms with Gasteiger partial charge in [-0.05, 0) is 61.1 Å². The lowest BCUT2D eigenvalue weighted by atomic mass is 10.0. The highest BCUT2D eigenvalue weighted by Crippen LogP contribution is 2.27. The van der Waals surface area contributed by atoms with Crippen LogP contribution in [0.5, 0.6) is 0 Å². The Morgan fingerprint density at radius 1 is 1.15 bits per heavy atom. The summed E-state index contributed by atoms with van der Waals surface area (Å²) in [6.45, 7) is 0.644. The van der Waals surface area contributed by atoms with Crippen LogP contribution < -0.4 is 5.32 Å². The summed E-state index contributed by atoms with van der Waals surface area (Å²) in [7, 11) is 1.83. The number of carbonyl (C=O) groups is 1. The molecule has 2 aromatic heterocycles. The van der Waals surface area contributed by atoms with Gasteiger partial charge in [-0.2, -0.15) is 0 Å². The predicted octanol–water partition coefficient (Wildman–Crippen LogP) is 3.84. The highest BCUT2D eigenvalue weighted by atomic mass is 35.5. The molecule has 1 aliphatic rings. The average molecular weight is 465 g/mol. The molecule has 0 saturated carbocycles. The van der Waals surface area contributed by atoms with Gasteiger partial charge in [-0.25, -0.2) is 4.98 Å². The second-order valence-electron chi connectivity index (χ2n) is 8.65. The molecule has 3 heterocycles. The van der Waals surface area contributed by atoms with Crippen LogP contribution in [0.4, 0.5) is 0 Å². The third kappa shape index (κ3) is 6.16. The van der Waals surface area contributed by atoms with Crippen molar-refractivity contribution in [2.24, 2.45) is 0 Å². The molecule has 2 N–H and O–H groups in total. The molecule has 1 aliphatic heterocycles. The first-order valence-electron chi connectivity index (χ1n) is 11.3. The van der Waals surface area contributed by atoms with Crippen LogP contribution in [0, 0.1) is 0 Å². The van der Waals surface area contributed by atoms with Gasteiger partial charge in [0.15, 0.2) is 0 Å². The van der Waals surface area contributed by atoms with Crippen molar-refractivity contribution >= 4 is 17.5 Å². The van der Waals surface area contributed by atoms with Crippen LogP contribution in [-0.2, 0) is 12.8 Å². The summed E-state index contributed by atoms with van der Waals surface area (Å²) in [6, 6.07) is 15.6. The second kappa shape index (κ2) is 10.9. The minimum absolute atomic E-state index is 0.00714. The van der Waals surface area contributed by atoms with Crippen molar-refractivity contribution in [3.05, 3.63) is 94.5 Å². The zero-order valence-electron chi connectivity index (χ0n) is 18.7. The normalized spacial score (nSPS) is 18.8. The minimum atomic E-state index is -0.609. The van der Waals surface area contributed by atoms with E-state index in [9.17, 15) is 9.90 Å². The fourth-order valence-electron chi connectivity index (χ4n) is 4.29. The van der Waals surface area contributed by atoms with Gasteiger partial charge in [-0.1, -0.05) is 35.9 Å². The van der Waals surface area contributed by atoms with Crippen molar-refractivity contribution in [2.75, 3.05) is 13.6 Å². The Kier molecular flexibility index (Phi) is 7.70. The highest BCUT2D eigenvalue weighted by Gasteiger charge is 2.30. The molecule has 0 bridgehead atoms. The Balaban J connectivity index is 1.27. The smallest absolute Gasteiger partial charge is 0.253 e. The minimum Gasteiger partial charge on any atom is -0.387 e. The van der Waals surface area contributed by atoms with Crippen LogP contribution >= 0.6 is 11.6 Å². The second-order valence-corrected chi connectivity index (χ2v) is 9.03. The monoisotopic (exact) mass is 464 g/mol. The van der Waals surface area contributed by atoms with Crippen LogP contribution in [0.15, 0.2) is 67.1 Å². The molecule has 33 heavy (non-hydrogen) atoms. The molecule has 172 valence electrons. The molecule has 3 atom stereocenters. The number of nitrogens with one attached hydrogen (secondary N) is 1. The van der Waals surface area contributed by atoms with Gasteiger partial charge in [-0.15, -0.1) is 0 Å². The summed E-state index contributed by atoms with van der Waals surface area (Å²) in [6.07, 6.45) is 8.12. The first-order chi connectivity index (χ1) is 16.0. The van der Waals surface area contributed by atoms with Gasteiger partial charge in [-0.3, -0.25) is 9.78 Å². The summed E-state index contributed by atoms with van der Waals surface area (Å²) < 4.78 is 0. The van der Waals surface area contributed by atoms with Crippen LogP contribution in [-0.4, -0.2) is 51.6 Å². The van der Waals surface area contributed by atoms with Crippen molar-refractivity contribution in [1.82, 2.24) is 20.2 Å². The maximum absolute atomic E-state index is 12.8. The predicted molar refractivity (Wildman–Crippen MR) is 129 cm³/mol. The average Bonchev–Trinajstić information content (AvgIpc) is 3.31. The fraction of sp³-hybridized carbons (Fsp3) is 0.346. The maximum Gasteiger partial charge on any atom is 0.253 e. The fourth-order valence-corrected chi connectivity index (χ4v) is 4.40. The van der Waals surface area contributed by atoms with E-state index in [-0.39, 0.29) is 18.0 Å². The lowest BCUT2D eigenvalue weighted by Gasteiger charge is -2.20. The standard InChI is InChI=1S/C26H29ClN4O2/c1-31(14-12-19-3-2-13-28-16-19)26(33)20-6-4-18(5-7-20)15-22-9-10-23(30-22)25(32)21-8-11-24(27)29-17-21/h2-8,11,13,16-17,22-23,25,30,32H,9-10,12,14-15H2,1H3/t22-,23+,25+/m0/s1. The van der Waals surface area contributed by atoms with Crippen molar-refractivity contribution < 1.29 is 9.90 Å². The lowest BCUT2D eigenvalue weighted by Crippen LogP contribution is -2.35. The van der Waals surface area contributed by atoms with E-state index in [1.54, 1.807) is 23.4 Å². The molecule has 1 amide bonds. The molecule has 1 saturated heterocycles. The molecule has 7 heteroatoms. The molecule has 0 spiro atoms. The number of hydrogen-bond donors (Lipinski definition) is 2. The summed E-state index contributed by atoms with van der Waals surface area (Å²) >= 11 is 5.84. The van der Waals surface area contributed by atoms with Crippen LogP contribution in [0.2, 0.25) is 5.15 Å². The van der Waals surface area contributed by atoms with Gasteiger partial charge in [0.25, 0.3) is 5.91 Å². The molecular formula is C26H29ClN4O2. The number of pyridine rings is 2. The van der Waals surface area contributed by atoms with E-state index in [1.807, 2.05) is 55.7 Å². The van der Waals surface area contributed by atoms with Crippen molar-refractivity contribution in [3.63, 3.8) is 0 Å². The number of aromatic nitrogens is 2. The van der Waals surface area contributed by atoms with Gasteiger partial charge in [0.1, 0.15) is 5.15 Å². The Morgan fingerprint density at radius 3 is 2.67 bits per heavy atom. The Labute approximate surface area is 199 Å². The summed E-state index contributed by atoms with van der Waals surface area (Å²) in [4.78, 5) is 22.7. The zero-order chi connectivity index (χ0) is 23.2. The van der Waals surface area contributed by atoms with Gasteiger partial charge >= 0.3 is 0 Å². The van der Waals surface area contributed by atoms with Crippen molar-refractivity contribution in [1.29, 1.82) is 0 Å². The van der Waals surface area contributed by atoms with E-state index in [2.05, 4.69) is 15.3 Å². The largest absolute Gasteiger partial charge is 0.387 e. The molecule has 3 aromatic rings. The number of hydrogen-bond acceptors (Lipinski definition) is 5. The topological polar surface area (TPSA) is 78.4 Å². The number of carbonyl (C=O) groups excluding carboxylic acids is 1. The van der Waals surface area contributed by atoms with Crippen LogP contribution in [0.25, 0.3) is 0 Å². The first-order valence-corrected chi connectivity index (χ1v) is 11.7. The number of amides is 1. The van der Waals surface area contributed by atoms with Crippen LogP contribution in [0.3, 0.4) is 0 Å². The maximum atomic E-state index is 12.8. The number of likely N-dealkylation sites (N-methyl/N-ethyl adjacent to an activating group) is 1. The van der Waals surface area contributed by atoms with Gasteiger partial charge in [0.2, 0.25) is 0 Å². The third-order valence-corrected chi connectivity index (χ3v) is 6.46. The summed E-state index contributed by atoms with van der Waals surface area (Å²) in [5.74, 6) is 0.0178. The summed E-state index contributed by atoms with van der Waals surface area (Å²) in [5, 5.41) is 14.6. The van der Waals surface area contributed by atoms with E-state index in [0.717, 1.165) is 36.8 Å². The molecule has 1 aromatic carbocycles. The molecular weight excluding hydrogens is 436 g/mol. The van der Waals surface area contributed by atoms with Crippen molar-refractivity contribution in [3.8, 4) is 0 Å². The van der Waals surface area contributed by atoms with Crippen LogP contribution in [0.1, 0.15) is 46.0 Å². The first kappa shape index (κ1) is 23.4. The molecule has 1 fully saturated rings. The molecule has 0 unspecified atom stereocenters. The number of benzene rings is 1. The van der Waals surface area contributed by atoms with E-state index >= 15 is 0 Å². The molecule has 6 nitrogen and oxygen atoms in total. The lowest BCUT2D eigenvalue weighted by molar-refractivity contribution is 0.0796. The highest BCUT2D eigenvalue weighted by molar-refractivity contribution is 6.29. The SMILES string of the molecule is CN(CCc1cccnc1)C(=O)c1ccc(C[C@@H]2CC[C@H]([C@H](O)c3ccc(Cl)nc3)N2)cc1. The van der Waals surface area contributed by atoms with Gasteiger partial charge in [0, 0.05) is 55.4 Å². The summed E-state index contributed by atoms with van der Waals surface area (Å²) in [5.41, 5.74) is 3.75. The molecule has 4 rings (SSSR count). The van der Waals surface area contributed by atoms with E-state index in [4.69, 9.17) is 11.6 Å². The number of aliphatic hydroxyl groups excluding tert-OH is 1. The Bertz CT molecular complexity index is 1040. The molecule has 0 aliphatic carbocycles. The Morgan fingerprint density at radius 2 is 1.97 bits per heavy atom.